The zero-order chi connectivity index (χ0) is 13.8. The van der Waals surface area contributed by atoms with Crippen molar-refractivity contribution in [1.29, 1.82) is 0 Å². The average Bonchev–Trinajstić information content (AvgIpc) is 2.72. The van der Waals surface area contributed by atoms with E-state index in [0.29, 0.717) is 24.7 Å². The highest BCUT2D eigenvalue weighted by molar-refractivity contribution is 5.79. The topological polar surface area (TPSA) is 65.2 Å². The van der Waals surface area contributed by atoms with Crippen molar-refractivity contribution in [3.8, 4) is 0 Å². The third-order valence-electron chi connectivity index (χ3n) is 2.58. The first-order valence-electron chi connectivity index (χ1n) is 6.34. The molecule has 1 rings (SSSR count). The van der Waals surface area contributed by atoms with E-state index in [4.69, 9.17) is 9.26 Å². The second-order valence-electron chi connectivity index (χ2n) is 5.32. The van der Waals surface area contributed by atoms with Gasteiger partial charge in [0.15, 0.2) is 0 Å². The molecule has 0 spiro atoms. The molecule has 0 aromatic carbocycles. The van der Waals surface area contributed by atoms with Crippen molar-refractivity contribution in [2.45, 2.75) is 53.6 Å². The standard InChI is InChI=1S/C13H22N2O3/c1-6-9(16)8-10-14-12(15-18-10)11(17-7-2)13(3,4)5/h11H,6-8H2,1-5H3. The predicted molar refractivity (Wildman–Crippen MR) is 67.1 cm³/mol. The maximum atomic E-state index is 11.3. The van der Waals surface area contributed by atoms with Crippen LogP contribution in [-0.2, 0) is 16.0 Å². The minimum absolute atomic E-state index is 0.0916. The molecule has 1 unspecified atom stereocenters. The Kier molecular flexibility index (Phi) is 5.02. The fourth-order valence-electron chi connectivity index (χ4n) is 1.62. The third-order valence-corrected chi connectivity index (χ3v) is 2.58. The van der Waals surface area contributed by atoms with Crippen LogP contribution in [-0.4, -0.2) is 22.5 Å². The molecule has 1 aromatic heterocycles. The second kappa shape index (κ2) is 6.09. The number of rotatable bonds is 6. The maximum absolute atomic E-state index is 11.3. The smallest absolute Gasteiger partial charge is 0.234 e. The molecule has 102 valence electrons. The minimum atomic E-state index is -0.225. The van der Waals surface area contributed by atoms with Crippen LogP contribution >= 0.6 is 0 Å². The monoisotopic (exact) mass is 254 g/mol. The summed E-state index contributed by atoms with van der Waals surface area (Å²) in [7, 11) is 0. The summed E-state index contributed by atoms with van der Waals surface area (Å²) in [4.78, 5) is 15.6. The van der Waals surface area contributed by atoms with E-state index in [-0.39, 0.29) is 23.7 Å². The summed E-state index contributed by atoms with van der Waals surface area (Å²) in [6.07, 6.45) is 0.454. The van der Waals surface area contributed by atoms with Gasteiger partial charge in [0.2, 0.25) is 11.7 Å². The number of hydrogen-bond acceptors (Lipinski definition) is 5. The van der Waals surface area contributed by atoms with Gasteiger partial charge in [-0.15, -0.1) is 0 Å². The van der Waals surface area contributed by atoms with E-state index in [1.807, 2.05) is 13.8 Å². The second-order valence-corrected chi connectivity index (χ2v) is 5.32. The molecule has 1 heterocycles. The highest BCUT2D eigenvalue weighted by atomic mass is 16.5. The van der Waals surface area contributed by atoms with Crippen molar-refractivity contribution >= 4 is 5.78 Å². The number of Topliss-reactive ketones (excluding diaryl/α,β-unsaturated/α-hetero) is 1. The molecule has 1 atom stereocenters. The van der Waals surface area contributed by atoms with Crippen LogP contribution in [0.3, 0.4) is 0 Å². The molecular weight excluding hydrogens is 232 g/mol. The number of ketones is 1. The molecule has 0 saturated heterocycles. The van der Waals surface area contributed by atoms with E-state index in [9.17, 15) is 4.79 Å². The molecule has 0 aliphatic rings. The summed E-state index contributed by atoms with van der Waals surface area (Å²) >= 11 is 0. The van der Waals surface area contributed by atoms with Gasteiger partial charge in [0, 0.05) is 13.0 Å². The van der Waals surface area contributed by atoms with Gasteiger partial charge in [-0.05, 0) is 12.3 Å². The number of ether oxygens (including phenoxy) is 1. The van der Waals surface area contributed by atoms with E-state index in [1.54, 1.807) is 0 Å². The molecule has 0 fully saturated rings. The highest BCUT2D eigenvalue weighted by Gasteiger charge is 2.31. The van der Waals surface area contributed by atoms with E-state index in [2.05, 4.69) is 30.9 Å². The molecule has 0 N–H and O–H groups in total. The lowest BCUT2D eigenvalue weighted by atomic mass is 9.88. The maximum Gasteiger partial charge on any atom is 0.234 e. The van der Waals surface area contributed by atoms with Gasteiger partial charge in [0.05, 0.1) is 6.42 Å². The van der Waals surface area contributed by atoms with Crippen molar-refractivity contribution in [1.82, 2.24) is 10.1 Å². The lowest BCUT2D eigenvalue weighted by molar-refractivity contribution is -0.118. The Hall–Kier alpha value is -1.23. The number of carbonyl (C=O) groups is 1. The van der Waals surface area contributed by atoms with Gasteiger partial charge in [-0.2, -0.15) is 4.98 Å². The van der Waals surface area contributed by atoms with Crippen molar-refractivity contribution in [2.75, 3.05) is 6.61 Å². The minimum Gasteiger partial charge on any atom is -0.370 e. The predicted octanol–water partition coefficient (Wildman–Crippen LogP) is 2.71. The fraction of sp³-hybridized carbons (Fsp3) is 0.769. The first-order chi connectivity index (χ1) is 8.38. The van der Waals surface area contributed by atoms with Gasteiger partial charge in [-0.25, -0.2) is 0 Å². The first kappa shape index (κ1) is 14.8. The molecule has 1 aromatic rings. The summed E-state index contributed by atoms with van der Waals surface area (Å²) in [5.41, 5.74) is -0.119. The first-order valence-corrected chi connectivity index (χ1v) is 6.34. The number of aromatic nitrogens is 2. The zero-order valence-electron chi connectivity index (χ0n) is 11.8. The molecule has 18 heavy (non-hydrogen) atoms. The molecular formula is C13H22N2O3. The van der Waals surface area contributed by atoms with Gasteiger partial charge >= 0.3 is 0 Å². The Bertz CT molecular complexity index is 393. The van der Waals surface area contributed by atoms with Crippen LogP contribution in [0.2, 0.25) is 0 Å². The average molecular weight is 254 g/mol. The third kappa shape index (κ3) is 3.91. The van der Waals surface area contributed by atoms with Gasteiger partial charge in [-0.3, -0.25) is 4.79 Å². The summed E-state index contributed by atoms with van der Waals surface area (Å²) in [6, 6.07) is 0. The van der Waals surface area contributed by atoms with E-state index in [1.165, 1.54) is 0 Å². The Morgan fingerprint density at radius 1 is 1.39 bits per heavy atom. The normalized spacial score (nSPS) is 13.6. The largest absolute Gasteiger partial charge is 0.370 e. The zero-order valence-corrected chi connectivity index (χ0v) is 11.8. The Balaban J connectivity index is 2.84. The molecule has 0 bridgehead atoms. The van der Waals surface area contributed by atoms with Crippen molar-refractivity contribution in [2.24, 2.45) is 5.41 Å². The summed E-state index contributed by atoms with van der Waals surface area (Å²) < 4.78 is 10.8. The van der Waals surface area contributed by atoms with Crippen LogP contribution in [0.4, 0.5) is 0 Å². The van der Waals surface area contributed by atoms with Crippen LogP contribution in [0.1, 0.15) is 58.9 Å². The van der Waals surface area contributed by atoms with Gasteiger partial charge in [-0.1, -0.05) is 32.9 Å². The van der Waals surface area contributed by atoms with E-state index in [0.717, 1.165) is 0 Å². The Morgan fingerprint density at radius 2 is 2.06 bits per heavy atom. The number of hydrogen-bond donors (Lipinski definition) is 0. The molecule has 0 saturated carbocycles. The van der Waals surface area contributed by atoms with Crippen LogP contribution in [0, 0.1) is 5.41 Å². The quantitative estimate of drug-likeness (QED) is 0.781. The van der Waals surface area contributed by atoms with Crippen LogP contribution in [0.15, 0.2) is 4.52 Å². The van der Waals surface area contributed by atoms with Gasteiger partial charge in [0.25, 0.3) is 0 Å². The lowest BCUT2D eigenvalue weighted by Gasteiger charge is -2.27. The number of carbonyl (C=O) groups excluding carboxylic acids is 1. The Labute approximate surface area is 108 Å². The summed E-state index contributed by atoms with van der Waals surface area (Å²) in [5.74, 6) is 0.975. The van der Waals surface area contributed by atoms with Crippen molar-refractivity contribution < 1.29 is 14.1 Å². The number of nitrogens with zero attached hydrogens (tertiary/aromatic N) is 2. The van der Waals surface area contributed by atoms with Crippen LogP contribution in [0.5, 0.6) is 0 Å². The van der Waals surface area contributed by atoms with Gasteiger partial charge in [0.1, 0.15) is 11.9 Å². The fourth-order valence-corrected chi connectivity index (χ4v) is 1.62. The lowest BCUT2D eigenvalue weighted by Crippen LogP contribution is -2.22. The molecule has 0 amide bonds. The molecule has 5 heteroatoms. The SMILES string of the molecule is CCOC(c1noc(CC(=O)CC)n1)C(C)(C)C. The molecule has 5 nitrogen and oxygen atoms in total. The van der Waals surface area contributed by atoms with Crippen LogP contribution in [0.25, 0.3) is 0 Å². The summed E-state index contributed by atoms with van der Waals surface area (Å²) in [6.45, 7) is 10.5. The molecule has 0 radical (unpaired) electrons. The summed E-state index contributed by atoms with van der Waals surface area (Å²) in [5, 5.41) is 3.93. The molecule has 0 aliphatic heterocycles. The van der Waals surface area contributed by atoms with Gasteiger partial charge < -0.3 is 9.26 Å². The molecule has 0 aliphatic carbocycles. The van der Waals surface area contributed by atoms with Crippen molar-refractivity contribution in [3.05, 3.63) is 11.7 Å². The Morgan fingerprint density at radius 3 is 2.56 bits per heavy atom. The van der Waals surface area contributed by atoms with Crippen molar-refractivity contribution in [3.63, 3.8) is 0 Å². The van der Waals surface area contributed by atoms with Crippen LogP contribution < -0.4 is 0 Å². The van der Waals surface area contributed by atoms with E-state index >= 15 is 0 Å². The van der Waals surface area contributed by atoms with E-state index < -0.39 is 0 Å². The highest BCUT2D eigenvalue weighted by Crippen LogP contribution is 2.34.